The van der Waals surface area contributed by atoms with Gasteiger partial charge >= 0.3 is 6.18 Å². The highest BCUT2D eigenvalue weighted by Gasteiger charge is 2.30. The van der Waals surface area contributed by atoms with Crippen LogP contribution in [0.2, 0.25) is 0 Å². The maximum atomic E-state index is 13.4. The van der Waals surface area contributed by atoms with E-state index in [0.29, 0.717) is 16.5 Å². The minimum absolute atomic E-state index is 0.00195. The molecular formula is C25H26F3N5O. The number of aromatic nitrogens is 2. The highest BCUT2D eigenvalue weighted by molar-refractivity contribution is 5.94. The number of hydrogen-bond donors (Lipinski definition) is 2. The van der Waals surface area contributed by atoms with E-state index in [1.807, 2.05) is 6.07 Å². The molecule has 1 aliphatic rings. The molecule has 2 aromatic heterocycles. The molecule has 0 spiro atoms. The molecule has 1 aromatic carbocycles. The summed E-state index contributed by atoms with van der Waals surface area (Å²) >= 11 is 0. The average molecular weight is 470 g/mol. The van der Waals surface area contributed by atoms with Gasteiger partial charge in [-0.05, 0) is 69.2 Å². The van der Waals surface area contributed by atoms with Crippen molar-refractivity contribution in [1.82, 2.24) is 19.8 Å². The first-order valence-corrected chi connectivity index (χ1v) is 11.1. The smallest absolute Gasteiger partial charge is 0.382 e. The number of pyridine rings is 1. The largest absolute Gasteiger partial charge is 0.406 e. The highest BCUT2D eigenvalue weighted by Crippen LogP contribution is 2.31. The zero-order valence-electron chi connectivity index (χ0n) is 18.8. The average Bonchev–Trinajstić information content (AvgIpc) is 3.15. The number of carbonyl (C=O) groups excluding carboxylic acids is 1. The fourth-order valence-electron chi connectivity index (χ4n) is 4.09. The van der Waals surface area contributed by atoms with E-state index < -0.39 is 12.7 Å². The van der Waals surface area contributed by atoms with E-state index in [2.05, 4.69) is 39.4 Å². The molecule has 1 saturated heterocycles. The standard InChI is InChI=1S/C25H26F3N5O/c1-32-13-9-19(10-14-32)31-22-7-2-8-23-21(22)15-20(33(23)17-25(26,27)28)6-4-12-30-24(34)18-5-3-11-29-16-18/h2-3,5,7-8,11,15-16,19,31H,9-10,12-14,17H2,1H3,(H,30,34). The molecule has 0 saturated carbocycles. The third-order valence-electron chi connectivity index (χ3n) is 5.84. The maximum Gasteiger partial charge on any atom is 0.406 e. The lowest BCUT2D eigenvalue weighted by molar-refractivity contribution is -0.140. The van der Waals surface area contributed by atoms with Gasteiger partial charge in [-0.15, -0.1) is 0 Å². The lowest BCUT2D eigenvalue weighted by Crippen LogP contribution is -2.36. The summed E-state index contributed by atoms with van der Waals surface area (Å²) in [6.45, 7) is 0.816. The lowest BCUT2D eigenvalue weighted by atomic mass is 10.0. The van der Waals surface area contributed by atoms with E-state index >= 15 is 0 Å². The lowest BCUT2D eigenvalue weighted by Gasteiger charge is -2.30. The van der Waals surface area contributed by atoms with Crippen molar-refractivity contribution >= 4 is 22.5 Å². The number of amides is 1. The van der Waals surface area contributed by atoms with Crippen LogP contribution in [0.3, 0.4) is 0 Å². The fraction of sp³-hybridized carbons (Fsp3) is 0.360. The zero-order chi connectivity index (χ0) is 24.1. The predicted octanol–water partition coefficient (Wildman–Crippen LogP) is 3.89. The fourth-order valence-corrected chi connectivity index (χ4v) is 4.09. The predicted molar refractivity (Wildman–Crippen MR) is 126 cm³/mol. The number of alkyl halides is 3. The molecule has 6 nitrogen and oxygen atoms in total. The van der Waals surface area contributed by atoms with Crippen molar-refractivity contribution in [2.24, 2.45) is 0 Å². The van der Waals surface area contributed by atoms with Gasteiger partial charge in [0.15, 0.2) is 0 Å². The molecule has 0 unspecified atom stereocenters. The van der Waals surface area contributed by atoms with Gasteiger partial charge in [-0.25, -0.2) is 0 Å². The van der Waals surface area contributed by atoms with E-state index in [-0.39, 0.29) is 24.2 Å². The van der Waals surface area contributed by atoms with Crippen molar-refractivity contribution in [3.05, 3.63) is 60.0 Å². The molecule has 3 aromatic rings. The summed E-state index contributed by atoms with van der Waals surface area (Å²) in [5, 5.41) is 6.86. The van der Waals surface area contributed by atoms with Gasteiger partial charge in [-0.1, -0.05) is 12.0 Å². The summed E-state index contributed by atoms with van der Waals surface area (Å²) in [6.07, 6.45) is 0.544. The molecule has 9 heteroatoms. The van der Waals surface area contributed by atoms with Crippen LogP contribution < -0.4 is 10.6 Å². The Balaban J connectivity index is 1.57. The number of carbonyl (C=O) groups is 1. The van der Waals surface area contributed by atoms with Crippen molar-refractivity contribution in [2.45, 2.75) is 31.6 Å². The van der Waals surface area contributed by atoms with Gasteiger partial charge in [0, 0.05) is 29.5 Å². The Bertz CT molecular complexity index is 1200. The Labute approximate surface area is 196 Å². The number of rotatable bonds is 5. The van der Waals surface area contributed by atoms with Crippen LogP contribution in [0.15, 0.2) is 48.8 Å². The topological polar surface area (TPSA) is 62.2 Å². The second-order valence-corrected chi connectivity index (χ2v) is 8.42. The Hall–Kier alpha value is -3.51. The molecule has 34 heavy (non-hydrogen) atoms. The van der Waals surface area contributed by atoms with Crippen LogP contribution in [0, 0.1) is 11.8 Å². The maximum absolute atomic E-state index is 13.4. The van der Waals surface area contributed by atoms with Crippen molar-refractivity contribution in [3.8, 4) is 11.8 Å². The van der Waals surface area contributed by atoms with E-state index in [0.717, 1.165) is 31.6 Å². The van der Waals surface area contributed by atoms with Crippen LogP contribution in [0.1, 0.15) is 28.9 Å². The molecule has 1 fully saturated rings. The molecule has 178 valence electrons. The summed E-state index contributed by atoms with van der Waals surface area (Å²) in [5.74, 6) is 5.25. The van der Waals surface area contributed by atoms with Crippen LogP contribution in [0.4, 0.5) is 18.9 Å². The number of halogens is 3. The van der Waals surface area contributed by atoms with Gasteiger partial charge in [-0.2, -0.15) is 13.2 Å². The number of fused-ring (bicyclic) bond motifs is 1. The molecule has 1 amide bonds. The third kappa shape index (κ3) is 5.88. The van der Waals surface area contributed by atoms with E-state index in [1.165, 1.54) is 10.8 Å². The van der Waals surface area contributed by atoms with Crippen LogP contribution in [-0.4, -0.2) is 59.3 Å². The van der Waals surface area contributed by atoms with Crippen LogP contribution in [0.5, 0.6) is 0 Å². The molecule has 0 bridgehead atoms. The van der Waals surface area contributed by atoms with Crippen molar-refractivity contribution in [2.75, 3.05) is 32.0 Å². The molecule has 3 heterocycles. The van der Waals surface area contributed by atoms with Crippen LogP contribution in [-0.2, 0) is 6.54 Å². The summed E-state index contributed by atoms with van der Waals surface area (Å²) < 4.78 is 41.3. The number of likely N-dealkylation sites (tertiary alicyclic amines) is 1. The summed E-state index contributed by atoms with van der Waals surface area (Å²) in [6, 6.07) is 10.6. The second kappa shape index (κ2) is 10.2. The van der Waals surface area contributed by atoms with Crippen molar-refractivity contribution < 1.29 is 18.0 Å². The highest BCUT2D eigenvalue weighted by atomic mass is 19.4. The van der Waals surface area contributed by atoms with Crippen LogP contribution in [0.25, 0.3) is 10.9 Å². The first-order valence-electron chi connectivity index (χ1n) is 11.1. The number of nitrogens with one attached hydrogen (secondary N) is 2. The van der Waals surface area contributed by atoms with E-state index in [1.54, 1.807) is 36.5 Å². The molecule has 2 N–H and O–H groups in total. The molecule has 0 atom stereocenters. The van der Waals surface area contributed by atoms with E-state index in [9.17, 15) is 18.0 Å². The minimum atomic E-state index is -4.39. The molecule has 0 aliphatic carbocycles. The Morgan fingerprint density at radius 1 is 1.21 bits per heavy atom. The Kier molecular flexibility index (Phi) is 7.08. The van der Waals surface area contributed by atoms with Gasteiger partial charge in [-0.3, -0.25) is 9.78 Å². The van der Waals surface area contributed by atoms with Crippen molar-refractivity contribution in [3.63, 3.8) is 0 Å². The van der Waals surface area contributed by atoms with E-state index in [4.69, 9.17) is 0 Å². The zero-order valence-corrected chi connectivity index (χ0v) is 18.8. The summed E-state index contributed by atoms with van der Waals surface area (Å²) in [4.78, 5) is 18.3. The monoisotopic (exact) mass is 469 g/mol. The van der Waals surface area contributed by atoms with Gasteiger partial charge in [0.05, 0.1) is 23.3 Å². The number of nitrogens with zero attached hydrogens (tertiary/aromatic N) is 3. The van der Waals surface area contributed by atoms with Crippen molar-refractivity contribution in [1.29, 1.82) is 0 Å². The van der Waals surface area contributed by atoms with Gasteiger partial charge in [0.2, 0.25) is 0 Å². The first kappa shape index (κ1) is 23.6. The molecule has 1 aliphatic heterocycles. The Morgan fingerprint density at radius 3 is 2.71 bits per heavy atom. The van der Waals surface area contributed by atoms with Gasteiger partial charge in [0.25, 0.3) is 5.91 Å². The SMILES string of the molecule is CN1CCC(Nc2cccc3c2cc(C#CCNC(=O)c2cccnc2)n3CC(F)(F)F)CC1. The van der Waals surface area contributed by atoms with Gasteiger partial charge < -0.3 is 20.1 Å². The third-order valence-corrected chi connectivity index (χ3v) is 5.84. The molecule has 0 radical (unpaired) electrons. The minimum Gasteiger partial charge on any atom is -0.382 e. The van der Waals surface area contributed by atoms with Crippen LogP contribution >= 0.6 is 0 Å². The summed E-state index contributed by atoms with van der Waals surface area (Å²) in [5.41, 5.74) is 1.92. The number of piperidine rings is 1. The van der Waals surface area contributed by atoms with Gasteiger partial charge in [0.1, 0.15) is 6.54 Å². The first-order chi connectivity index (χ1) is 16.3. The quantitative estimate of drug-likeness (QED) is 0.557. The number of benzene rings is 1. The molecule has 4 rings (SSSR count). The normalized spacial score (nSPS) is 15.1. The molecular weight excluding hydrogens is 443 g/mol. The Morgan fingerprint density at radius 2 is 2.00 bits per heavy atom. The number of hydrogen-bond acceptors (Lipinski definition) is 4. The number of anilines is 1. The summed E-state index contributed by atoms with van der Waals surface area (Å²) in [7, 11) is 2.08. The second-order valence-electron chi connectivity index (χ2n) is 8.42.